The molecule has 0 saturated carbocycles. The molecule has 1 aromatic heterocycles. The van der Waals surface area contributed by atoms with E-state index in [1.54, 1.807) is 24.2 Å². The van der Waals surface area contributed by atoms with Gasteiger partial charge in [-0.25, -0.2) is 12.7 Å². The smallest absolute Gasteiger partial charge is 0.220 e. The Kier molecular flexibility index (Phi) is 6.86. The van der Waals surface area contributed by atoms with Crippen molar-refractivity contribution < 1.29 is 13.2 Å². The third kappa shape index (κ3) is 5.78. The van der Waals surface area contributed by atoms with Gasteiger partial charge in [-0.05, 0) is 17.5 Å². The molecule has 8 heteroatoms. The fourth-order valence-corrected chi connectivity index (χ4v) is 4.90. The van der Waals surface area contributed by atoms with Gasteiger partial charge in [-0.2, -0.15) is 11.8 Å². The minimum absolute atomic E-state index is 0.0370. The second-order valence-corrected chi connectivity index (χ2v) is 8.88. The zero-order valence-corrected chi connectivity index (χ0v) is 14.9. The van der Waals surface area contributed by atoms with Gasteiger partial charge in [0.2, 0.25) is 15.9 Å². The van der Waals surface area contributed by atoms with Crippen LogP contribution in [0.4, 0.5) is 0 Å². The molecule has 1 unspecified atom stereocenters. The lowest BCUT2D eigenvalue weighted by molar-refractivity contribution is -0.121. The molecule has 1 N–H and O–H groups in total. The molecule has 1 saturated heterocycles. The number of nitrogens with one attached hydrogen (secondary N) is 1. The van der Waals surface area contributed by atoms with Crippen molar-refractivity contribution in [2.45, 2.75) is 19.3 Å². The van der Waals surface area contributed by atoms with Crippen LogP contribution in [-0.4, -0.2) is 60.5 Å². The summed E-state index contributed by atoms with van der Waals surface area (Å²) in [6.45, 7) is 3.25. The highest BCUT2D eigenvalue weighted by molar-refractivity contribution is 7.99. The molecular weight excluding hydrogens is 334 g/mol. The summed E-state index contributed by atoms with van der Waals surface area (Å²) in [6.07, 6.45) is 3.77. The SMILES string of the molecule is CC(CC(=O)NCCS(=O)(=O)N1CCSCC1)c1cccnc1. The van der Waals surface area contributed by atoms with Gasteiger partial charge in [-0.1, -0.05) is 13.0 Å². The van der Waals surface area contributed by atoms with E-state index in [0.29, 0.717) is 19.5 Å². The minimum Gasteiger partial charge on any atom is -0.355 e. The molecule has 1 aromatic rings. The van der Waals surface area contributed by atoms with Gasteiger partial charge in [0.15, 0.2) is 0 Å². The Hall–Kier alpha value is -1.12. The second-order valence-electron chi connectivity index (χ2n) is 5.57. The van der Waals surface area contributed by atoms with Crippen LogP contribution >= 0.6 is 11.8 Å². The van der Waals surface area contributed by atoms with Crippen LogP contribution in [-0.2, 0) is 14.8 Å². The number of pyridine rings is 1. The van der Waals surface area contributed by atoms with E-state index in [1.807, 2.05) is 19.1 Å². The van der Waals surface area contributed by atoms with E-state index >= 15 is 0 Å². The molecule has 0 aromatic carbocycles. The highest BCUT2D eigenvalue weighted by atomic mass is 32.2. The van der Waals surface area contributed by atoms with E-state index in [9.17, 15) is 13.2 Å². The Morgan fingerprint density at radius 2 is 2.17 bits per heavy atom. The Morgan fingerprint density at radius 3 is 2.83 bits per heavy atom. The van der Waals surface area contributed by atoms with E-state index in [4.69, 9.17) is 0 Å². The maximum atomic E-state index is 12.2. The summed E-state index contributed by atoms with van der Waals surface area (Å²) in [4.78, 5) is 16.0. The summed E-state index contributed by atoms with van der Waals surface area (Å²) in [6, 6.07) is 3.77. The molecule has 128 valence electrons. The van der Waals surface area contributed by atoms with Crippen LogP contribution in [0.25, 0.3) is 0 Å². The number of sulfonamides is 1. The molecule has 1 atom stereocenters. The molecule has 2 heterocycles. The predicted octanol–water partition coefficient (Wildman–Crippen LogP) is 1.07. The van der Waals surface area contributed by atoms with E-state index in [2.05, 4.69) is 10.3 Å². The van der Waals surface area contributed by atoms with Crippen LogP contribution in [0.3, 0.4) is 0 Å². The number of carbonyl (C=O) groups excluding carboxylic acids is 1. The summed E-state index contributed by atoms with van der Waals surface area (Å²) in [7, 11) is -3.26. The third-order valence-corrected chi connectivity index (χ3v) is 6.61. The lowest BCUT2D eigenvalue weighted by atomic mass is 9.99. The highest BCUT2D eigenvalue weighted by Crippen LogP contribution is 2.17. The van der Waals surface area contributed by atoms with Gasteiger partial charge in [-0.3, -0.25) is 9.78 Å². The monoisotopic (exact) mass is 357 g/mol. The Labute approximate surface area is 142 Å². The van der Waals surface area contributed by atoms with Crippen LogP contribution in [0, 0.1) is 0 Å². The molecule has 1 aliphatic rings. The van der Waals surface area contributed by atoms with Gasteiger partial charge in [0.25, 0.3) is 0 Å². The largest absolute Gasteiger partial charge is 0.355 e. The average Bonchev–Trinajstić information content (AvgIpc) is 2.56. The normalized spacial score (nSPS) is 17.6. The molecule has 0 aliphatic carbocycles. The van der Waals surface area contributed by atoms with Gasteiger partial charge in [-0.15, -0.1) is 0 Å². The number of amides is 1. The molecule has 1 fully saturated rings. The fraction of sp³-hybridized carbons (Fsp3) is 0.600. The predicted molar refractivity (Wildman–Crippen MR) is 93.0 cm³/mol. The molecular formula is C15H23N3O3S2. The first-order chi connectivity index (χ1) is 11.0. The number of carbonyl (C=O) groups is 1. The number of aromatic nitrogens is 1. The summed E-state index contributed by atoms with van der Waals surface area (Å²) in [5.74, 6) is 1.57. The zero-order chi connectivity index (χ0) is 16.7. The standard InChI is InChI=1S/C15H23N3O3S2/c1-13(14-3-2-4-16-12-14)11-15(19)17-5-10-23(20,21)18-6-8-22-9-7-18/h2-4,12-13H,5-11H2,1H3,(H,17,19). The number of nitrogens with zero attached hydrogens (tertiary/aromatic N) is 2. The van der Waals surface area contributed by atoms with Crippen molar-refractivity contribution in [1.82, 2.24) is 14.6 Å². The van der Waals surface area contributed by atoms with Gasteiger partial charge in [0.1, 0.15) is 0 Å². The molecule has 1 amide bonds. The van der Waals surface area contributed by atoms with Crippen molar-refractivity contribution in [2.75, 3.05) is 36.9 Å². The Bertz CT molecular complexity index is 602. The van der Waals surface area contributed by atoms with Crippen LogP contribution in [0.15, 0.2) is 24.5 Å². The molecule has 0 bridgehead atoms. The lowest BCUT2D eigenvalue weighted by Crippen LogP contribution is -2.42. The molecule has 0 spiro atoms. The topological polar surface area (TPSA) is 79.4 Å². The van der Waals surface area contributed by atoms with E-state index in [1.165, 1.54) is 4.31 Å². The molecule has 1 aliphatic heterocycles. The van der Waals surface area contributed by atoms with Crippen molar-refractivity contribution >= 4 is 27.7 Å². The summed E-state index contributed by atoms with van der Waals surface area (Å²) < 4.78 is 25.9. The van der Waals surface area contributed by atoms with Crippen LogP contribution < -0.4 is 5.32 Å². The number of hydrogen-bond donors (Lipinski definition) is 1. The van der Waals surface area contributed by atoms with Crippen LogP contribution in [0.5, 0.6) is 0 Å². The quantitative estimate of drug-likeness (QED) is 0.790. The van der Waals surface area contributed by atoms with Crippen LogP contribution in [0.2, 0.25) is 0 Å². The first kappa shape index (κ1) is 18.2. The van der Waals surface area contributed by atoms with Crippen molar-refractivity contribution in [3.05, 3.63) is 30.1 Å². The first-order valence-corrected chi connectivity index (χ1v) is 10.5. The second kappa shape index (κ2) is 8.65. The Balaban J connectivity index is 1.74. The molecule has 23 heavy (non-hydrogen) atoms. The van der Waals surface area contributed by atoms with Crippen LogP contribution in [0.1, 0.15) is 24.8 Å². The maximum Gasteiger partial charge on any atom is 0.220 e. The van der Waals surface area contributed by atoms with E-state index in [-0.39, 0.29) is 24.1 Å². The first-order valence-electron chi connectivity index (χ1n) is 7.71. The lowest BCUT2D eigenvalue weighted by Gasteiger charge is -2.25. The van der Waals surface area contributed by atoms with Gasteiger partial charge >= 0.3 is 0 Å². The summed E-state index contributed by atoms with van der Waals surface area (Å²) >= 11 is 1.77. The number of hydrogen-bond acceptors (Lipinski definition) is 5. The molecule has 0 radical (unpaired) electrons. The number of rotatable bonds is 7. The van der Waals surface area contributed by atoms with Crippen molar-refractivity contribution in [1.29, 1.82) is 0 Å². The van der Waals surface area contributed by atoms with Gasteiger partial charge in [0.05, 0.1) is 5.75 Å². The number of thioether (sulfide) groups is 1. The third-order valence-electron chi connectivity index (χ3n) is 3.79. The fourth-order valence-electron chi connectivity index (χ4n) is 2.41. The Morgan fingerprint density at radius 1 is 1.43 bits per heavy atom. The molecule has 6 nitrogen and oxygen atoms in total. The van der Waals surface area contributed by atoms with Crippen molar-refractivity contribution in [2.24, 2.45) is 0 Å². The van der Waals surface area contributed by atoms with Crippen molar-refractivity contribution in [3.63, 3.8) is 0 Å². The van der Waals surface area contributed by atoms with Gasteiger partial charge in [0, 0.05) is 50.0 Å². The summed E-state index contributed by atoms with van der Waals surface area (Å²) in [5, 5.41) is 2.71. The maximum absolute atomic E-state index is 12.2. The summed E-state index contributed by atoms with van der Waals surface area (Å²) in [5.41, 5.74) is 1.00. The molecule has 2 rings (SSSR count). The van der Waals surface area contributed by atoms with Crippen molar-refractivity contribution in [3.8, 4) is 0 Å². The average molecular weight is 358 g/mol. The highest BCUT2D eigenvalue weighted by Gasteiger charge is 2.23. The zero-order valence-electron chi connectivity index (χ0n) is 13.3. The minimum atomic E-state index is -3.26. The van der Waals surface area contributed by atoms with Gasteiger partial charge < -0.3 is 5.32 Å². The van der Waals surface area contributed by atoms with E-state index in [0.717, 1.165) is 17.1 Å². The van der Waals surface area contributed by atoms with E-state index < -0.39 is 10.0 Å².